The second kappa shape index (κ2) is 9.78. The van der Waals surface area contributed by atoms with Gasteiger partial charge in [0, 0.05) is 31.1 Å². The summed E-state index contributed by atoms with van der Waals surface area (Å²) in [4.78, 5) is 25.2. The van der Waals surface area contributed by atoms with E-state index in [-0.39, 0.29) is 30.0 Å². The topological polar surface area (TPSA) is 89.9 Å². The number of carbonyl (C=O) groups excluding carboxylic acids is 1. The molecule has 0 bridgehead atoms. The fourth-order valence-electron chi connectivity index (χ4n) is 3.75. The Morgan fingerprint density at radius 3 is 2.48 bits per heavy atom. The van der Waals surface area contributed by atoms with Crippen molar-refractivity contribution in [3.05, 3.63) is 72.3 Å². The summed E-state index contributed by atoms with van der Waals surface area (Å²) >= 11 is 0. The van der Waals surface area contributed by atoms with Gasteiger partial charge in [0.25, 0.3) is 0 Å². The number of carbonyl (C=O) groups is 2. The number of phenols is 1. The van der Waals surface area contributed by atoms with Crippen LogP contribution in [0.3, 0.4) is 0 Å². The van der Waals surface area contributed by atoms with Gasteiger partial charge in [0.05, 0.1) is 0 Å². The third kappa shape index (κ3) is 5.60. The number of likely N-dealkylation sites (tertiary alicyclic amines) is 1. The number of nitrogens with one attached hydrogen (secondary N) is 1. The quantitative estimate of drug-likeness (QED) is 0.605. The molecule has 0 aliphatic carbocycles. The number of phenolic OH excluding ortho intramolecular Hbond substituents is 1. The van der Waals surface area contributed by atoms with Crippen LogP contribution in [0, 0.1) is 5.92 Å². The number of hydrogen-bond donors (Lipinski definition) is 3. The zero-order valence-electron chi connectivity index (χ0n) is 16.2. The minimum Gasteiger partial charge on any atom is -0.508 e. The highest BCUT2D eigenvalue weighted by Gasteiger charge is 2.36. The van der Waals surface area contributed by atoms with Crippen molar-refractivity contribution in [2.45, 2.75) is 25.2 Å². The maximum Gasteiger partial charge on any atom is 0.321 e. The molecule has 2 atom stereocenters. The molecule has 6 heteroatoms. The number of amides is 2. The first kappa shape index (κ1) is 20.5. The number of nitrogens with zero attached hydrogens (tertiary/aromatic N) is 1. The van der Waals surface area contributed by atoms with Crippen molar-refractivity contribution in [3.8, 4) is 5.75 Å². The van der Waals surface area contributed by atoms with Crippen LogP contribution < -0.4 is 5.32 Å². The van der Waals surface area contributed by atoms with Gasteiger partial charge in [0.15, 0.2) is 0 Å². The number of carboxylic acid groups (broad SMARTS) is 1. The number of anilines is 1. The Morgan fingerprint density at radius 2 is 1.76 bits per heavy atom. The maximum atomic E-state index is 12.7. The van der Waals surface area contributed by atoms with E-state index in [1.165, 1.54) is 0 Å². The Morgan fingerprint density at radius 1 is 1.03 bits per heavy atom. The summed E-state index contributed by atoms with van der Waals surface area (Å²) in [5.41, 5.74) is 1.58. The highest BCUT2D eigenvalue weighted by Crippen LogP contribution is 2.39. The second-order valence-corrected chi connectivity index (χ2v) is 7.27. The van der Waals surface area contributed by atoms with Gasteiger partial charge in [-0.1, -0.05) is 48.6 Å². The predicted octanol–water partition coefficient (Wildman–Crippen LogP) is 4.45. The molecule has 2 unspecified atom stereocenters. The molecule has 0 radical (unpaired) electrons. The summed E-state index contributed by atoms with van der Waals surface area (Å²) in [6, 6.07) is 16.4. The zero-order valence-corrected chi connectivity index (χ0v) is 16.2. The first-order chi connectivity index (χ1) is 14.0. The number of hydrogen-bond acceptors (Lipinski definition) is 3. The van der Waals surface area contributed by atoms with Crippen LogP contribution in [0.4, 0.5) is 10.5 Å². The van der Waals surface area contributed by atoms with E-state index in [4.69, 9.17) is 5.11 Å². The number of carboxylic acids is 1. The molecular formula is C23H26N2O4. The Hall–Kier alpha value is -3.28. The average molecular weight is 394 g/mol. The molecule has 1 fully saturated rings. The van der Waals surface area contributed by atoms with Gasteiger partial charge in [0.1, 0.15) is 5.75 Å². The van der Waals surface area contributed by atoms with Crippen molar-refractivity contribution >= 4 is 17.7 Å². The van der Waals surface area contributed by atoms with Crippen molar-refractivity contribution < 1.29 is 19.8 Å². The molecule has 29 heavy (non-hydrogen) atoms. The number of urea groups is 1. The number of aliphatic carboxylic acids is 1. The number of para-hydroxylation sites is 2. The number of aromatic hydroxyl groups is 1. The highest BCUT2D eigenvalue weighted by atomic mass is 16.4. The van der Waals surface area contributed by atoms with E-state index in [0.29, 0.717) is 25.9 Å². The molecule has 2 aromatic carbocycles. The molecule has 0 saturated carbocycles. The molecular weight excluding hydrogens is 368 g/mol. The Bertz CT molecular complexity index is 866. The van der Waals surface area contributed by atoms with Gasteiger partial charge in [0.2, 0.25) is 0 Å². The van der Waals surface area contributed by atoms with Gasteiger partial charge < -0.3 is 20.4 Å². The van der Waals surface area contributed by atoms with Gasteiger partial charge >= 0.3 is 12.0 Å². The molecule has 2 amide bonds. The van der Waals surface area contributed by atoms with Gasteiger partial charge in [-0.25, -0.2) is 4.79 Å². The summed E-state index contributed by atoms with van der Waals surface area (Å²) in [5.74, 6) is -0.415. The van der Waals surface area contributed by atoms with Gasteiger partial charge in [-0.2, -0.15) is 0 Å². The van der Waals surface area contributed by atoms with E-state index < -0.39 is 5.97 Å². The zero-order chi connectivity index (χ0) is 20.6. The Kier molecular flexibility index (Phi) is 6.89. The van der Waals surface area contributed by atoms with Crippen LogP contribution in [0.1, 0.15) is 30.7 Å². The van der Waals surface area contributed by atoms with Crippen LogP contribution in [-0.4, -0.2) is 40.2 Å². The fourth-order valence-corrected chi connectivity index (χ4v) is 3.75. The Balaban J connectivity index is 1.70. The standard InChI is InChI=1S/C23H26N2O4/c26-21-13-8-7-12-19(21)20-16-25(23(29)24-18-10-4-2-5-11-18)15-17(20)9-3-1-6-14-22(27)28/h1-5,7-8,10-13,17,20,26H,6,9,14-16H2,(H,24,29)(H,27,28)/b3-1-. The number of benzene rings is 2. The van der Waals surface area contributed by atoms with E-state index in [9.17, 15) is 14.7 Å². The van der Waals surface area contributed by atoms with Crippen LogP contribution in [0.25, 0.3) is 0 Å². The van der Waals surface area contributed by atoms with Crippen molar-refractivity contribution in [1.29, 1.82) is 0 Å². The van der Waals surface area contributed by atoms with Crippen LogP contribution in [0.5, 0.6) is 5.75 Å². The molecule has 3 N–H and O–H groups in total. The molecule has 0 spiro atoms. The smallest absolute Gasteiger partial charge is 0.321 e. The first-order valence-electron chi connectivity index (χ1n) is 9.80. The normalized spacial score (nSPS) is 18.8. The minimum atomic E-state index is -0.814. The number of allylic oxidation sites excluding steroid dienone is 2. The van der Waals surface area contributed by atoms with Crippen LogP contribution in [-0.2, 0) is 4.79 Å². The lowest BCUT2D eigenvalue weighted by Gasteiger charge is -2.18. The van der Waals surface area contributed by atoms with Crippen molar-refractivity contribution in [2.75, 3.05) is 18.4 Å². The van der Waals surface area contributed by atoms with E-state index in [0.717, 1.165) is 11.3 Å². The van der Waals surface area contributed by atoms with Crippen LogP contribution >= 0.6 is 0 Å². The van der Waals surface area contributed by atoms with Gasteiger partial charge in [-0.05, 0) is 42.5 Å². The van der Waals surface area contributed by atoms with E-state index >= 15 is 0 Å². The molecule has 1 saturated heterocycles. The predicted molar refractivity (Wildman–Crippen MR) is 112 cm³/mol. The molecule has 6 nitrogen and oxygen atoms in total. The van der Waals surface area contributed by atoms with Crippen molar-refractivity contribution in [1.82, 2.24) is 4.90 Å². The third-order valence-corrected chi connectivity index (χ3v) is 5.22. The second-order valence-electron chi connectivity index (χ2n) is 7.27. The number of rotatable bonds is 7. The Labute approximate surface area is 170 Å². The van der Waals surface area contributed by atoms with E-state index in [1.807, 2.05) is 54.6 Å². The van der Waals surface area contributed by atoms with Crippen molar-refractivity contribution in [3.63, 3.8) is 0 Å². The molecule has 1 aliphatic rings. The summed E-state index contributed by atoms with van der Waals surface area (Å²) < 4.78 is 0. The highest BCUT2D eigenvalue weighted by molar-refractivity contribution is 5.89. The van der Waals surface area contributed by atoms with E-state index in [2.05, 4.69) is 5.32 Å². The van der Waals surface area contributed by atoms with Crippen LogP contribution in [0.15, 0.2) is 66.7 Å². The third-order valence-electron chi connectivity index (χ3n) is 5.22. The largest absolute Gasteiger partial charge is 0.508 e. The molecule has 152 valence electrons. The molecule has 1 aliphatic heterocycles. The van der Waals surface area contributed by atoms with Gasteiger partial charge in [-0.3, -0.25) is 4.79 Å². The summed E-state index contributed by atoms with van der Waals surface area (Å²) in [6.07, 6.45) is 5.17. The lowest BCUT2D eigenvalue weighted by molar-refractivity contribution is -0.136. The minimum absolute atomic E-state index is 0.0156. The first-order valence-corrected chi connectivity index (χ1v) is 9.80. The fraction of sp³-hybridized carbons (Fsp3) is 0.304. The average Bonchev–Trinajstić information content (AvgIpc) is 3.13. The SMILES string of the molecule is O=C(O)CC/C=C\CC1CN(C(=O)Nc2ccccc2)CC1c1ccccc1O. The lowest BCUT2D eigenvalue weighted by atomic mass is 9.86. The molecule has 0 aromatic heterocycles. The monoisotopic (exact) mass is 394 g/mol. The summed E-state index contributed by atoms with van der Waals surface area (Å²) in [7, 11) is 0. The molecule has 2 aromatic rings. The summed E-state index contributed by atoms with van der Waals surface area (Å²) in [5, 5.41) is 22.0. The summed E-state index contributed by atoms with van der Waals surface area (Å²) in [6.45, 7) is 1.09. The molecule has 1 heterocycles. The lowest BCUT2D eigenvalue weighted by Crippen LogP contribution is -2.33. The van der Waals surface area contributed by atoms with E-state index in [1.54, 1.807) is 17.0 Å². The van der Waals surface area contributed by atoms with Crippen LogP contribution in [0.2, 0.25) is 0 Å². The maximum absolute atomic E-state index is 12.7. The van der Waals surface area contributed by atoms with Gasteiger partial charge in [-0.15, -0.1) is 0 Å². The van der Waals surface area contributed by atoms with Crippen molar-refractivity contribution in [2.24, 2.45) is 5.92 Å². The molecule has 3 rings (SSSR count).